The molecule has 5 atom stereocenters. The smallest absolute Gasteiger partial charge is 0.339 e. The summed E-state index contributed by atoms with van der Waals surface area (Å²) in [5.74, 6) is -9.65. The van der Waals surface area contributed by atoms with Crippen molar-refractivity contribution in [1.29, 1.82) is 0 Å². The molecule has 4 heterocycles. The van der Waals surface area contributed by atoms with Crippen LogP contribution >= 0.6 is 0 Å². The lowest BCUT2D eigenvalue weighted by molar-refractivity contribution is -0.294. The van der Waals surface area contributed by atoms with Crippen molar-refractivity contribution in [2.45, 2.75) is 56.1 Å². The summed E-state index contributed by atoms with van der Waals surface area (Å²) in [6.07, 6.45) is -7.74. The van der Waals surface area contributed by atoms with Gasteiger partial charge in [-0.3, -0.25) is 9.59 Å². The van der Waals surface area contributed by atoms with Gasteiger partial charge in [-0.15, -0.1) is 0 Å². The van der Waals surface area contributed by atoms with Crippen LogP contribution in [0.1, 0.15) is 56.8 Å². The predicted octanol–water partition coefficient (Wildman–Crippen LogP) is 7.04. The van der Waals surface area contributed by atoms with Crippen molar-refractivity contribution in [2.24, 2.45) is 0 Å². The number of methoxy groups -OCH3 is 1. The molecular formula is C51H40O16. The first-order valence-electron chi connectivity index (χ1n) is 21.1. The molecule has 4 aliphatic heterocycles. The molecule has 6 aromatic rings. The Hall–Kier alpha value is -8.08. The molecule has 1 fully saturated rings. The summed E-state index contributed by atoms with van der Waals surface area (Å²) < 4.78 is 62.7. The number of fused-ring (bicyclic) bond motifs is 9. The van der Waals surface area contributed by atoms with Gasteiger partial charge in [-0.2, -0.15) is 0 Å². The maximum Gasteiger partial charge on any atom is 0.339 e. The Bertz CT molecular complexity index is 2830. The van der Waals surface area contributed by atoms with Crippen LogP contribution in [0.3, 0.4) is 0 Å². The molecule has 2 bridgehead atoms. The largest absolute Gasteiger partial charge is 0.504 e. The molecule has 0 spiro atoms. The molecule has 16 heteroatoms. The Morgan fingerprint density at radius 2 is 0.955 bits per heavy atom. The molecule has 0 aromatic heterocycles. The third-order valence-electron chi connectivity index (χ3n) is 11.8. The standard InChI is InChI=1S/C51H40O16/c1-27(52)59-26-37-42-45(58-3)46(49(61-37)60-28(2)53)63-48(57)34-25-36(55)41-44(67-51(65-41,31-20-12-6-13-21-31)32-22-14-7-15-23-32)39(34)38-33(47(56)62-42)24-35(54)40-43(38)66-50(64-40,29-16-8-4-9-17-29)30-18-10-5-11-19-30/h4-25,37,42,45-46,49,54-55H,26H2,1-3H3/t37-,42-,45+,46-,49-/m1/s1. The van der Waals surface area contributed by atoms with Gasteiger partial charge in [0, 0.05) is 54.3 Å². The fraction of sp³-hybridized carbons (Fsp3) is 0.216. The van der Waals surface area contributed by atoms with Crippen molar-refractivity contribution in [3.05, 3.63) is 167 Å². The van der Waals surface area contributed by atoms with E-state index in [1.165, 1.54) is 7.11 Å². The average molecular weight is 909 g/mol. The van der Waals surface area contributed by atoms with Crippen LogP contribution in [-0.4, -0.2) is 78.5 Å². The van der Waals surface area contributed by atoms with E-state index in [1.807, 2.05) is 0 Å². The van der Waals surface area contributed by atoms with E-state index in [0.717, 1.165) is 26.0 Å². The SMILES string of the molecule is CO[C@@H]1[C@H]2OC(=O)c3cc(O)c4c(c3-c3c(cc(O)c5c3OC(c3ccccc3)(c3ccccc3)O5)C(=O)O[C@@H]1[C@@H](COC(C)=O)O[C@H]2OC(C)=O)OC(c1ccccc1)(c1ccccc1)O4. The molecule has 1 saturated heterocycles. The molecule has 0 saturated carbocycles. The van der Waals surface area contributed by atoms with Gasteiger partial charge in [0.25, 0.3) is 0 Å². The van der Waals surface area contributed by atoms with Crippen LogP contribution < -0.4 is 18.9 Å². The van der Waals surface area contributed by atoms with Crippen molar-refractivity contribution >= 4 is 23.9 Å². The Balaban J connectivity index is 1.27. The summed E-state index contributed by atoms with van der Waals surface area (Å²) in [4.78, 5) is 55.1. The van der Waals surface area contributed by atoms with E-state index < -0.39 is 95.4 Å². The first-order chi connectivity index (χ1) is 32.4. The first kappa shape index (κ1) is 42.8. The predicted molar refractivity (Wildman–Crippen MR) is 231 cm³/mol. The number of hydrogen-bond donors (Lipinski definition) is 2. The summed E-state index contributed by atoms with van der Waals surface area (Å²) in [6, 6.07) is 37.6. The molecule has 0 amide bonds. The normalized spacial score (nSPS) is 21.6. The fourth-order valence-corrected chi connectivity index (χ4v) is 8.90. The lowest BCUT2D eigenvalue weighted by atomic mass is 9.91. The summed E-state index contributed by atoms with van der Waals surface area (Å²) >= 11 is 0. The van der Waals surface area contributed by atoms with Crippen molar-refractivity contribution in [3.63, 3.8) is 0 Å². The summed E-state index contributed by atoms with van der Waals surface area (Å²) in [5.41, 5.74) is 0.651. The molecule has 67 heavy (non-hydrogen) atoms. The van der Waals surface area contributed by atoms with Crippen molar-refractivity contribution in [1.82, 2.24) is 0 Å². The van der Waals surface area contributed by atoms with Crippen LogP contribution in [0.15, 0.2) is 133 Å². The Labute approximate surface area is 382 Å². The van der Waals surface area contributed by atoms with Crippen LogP contribution in [0.25, 0.3) is 11.1 Å². The first-order valence-corrected chi connectivity index (χ1v) is 21.1. The number of ether oxygens (including phenoxy) is 10. The van der Waals surface area contributed by atoms with E-state index >= 15 is 9.59 Å². The zero-order valence-corrected chi connectivity index (χ0v) is 35.9. The molecule has 16 nitrogen and oxygen atoms in total. The molecule has 6 aromatic carbocycles. The number of carbonyl (C=O) groups excluding carboxylic acids is 4. The van der Waals surface area contributed by atoms with Crippen LogP contribution in [0.5, 0.6) is 34.5 Å². The lowest BCUT2D eigenvalue weighted by Crippen LogP contribution is -2.62. The summed E-state index contributed by atoms with van der Waals surface area (Å²) in [7, 11) is 1.24. The van der Waals surface area contributed by atoms with Gasteiger partial charge in [0.05, 0.1) is 11.1 Å². The van der Waals surface area contributed by atoms with Gasteiger partial charge in [0.1, 0.15) is 18.8 Å². The number of esters is 4. The third-order valence-corrected chi connectivity index (χ3v) is 11.8. The number of phenols is 2. The number of hydrogen-bond acceptors (Lipinski definition) is 16. The van der Waals surface area contributed by atoms with Crippen molar-refractivity contribution < 1.29 is 76.8 Å². The average Bonchev–Trinajstić information content (AvgIpc) is 3.96. The quantitative estimate of drug-likeness (QED) is 0.116. The number of benzene rings is 6. The maximum atomic E-state index is 15.2. The number of rotatable bonds is 8. The molecular weight excluding hydrogens is 869 g/mol. The highest BCUT2D eigenvalue weighted by Gasteiger charge is 2.56. The fourth-order valence-electron chi connectivity index (χ4n) is 8.90. The van der Waals surface area contributed by atoms with Gasteiger partial charge in [-0.1, -0.05) is 121 Å². The number of carbonyl (C=O) groups is 4. The zero-order valence-electron chi connectivity index (χ0n) is 35.9. The van der Waals surface area contributed by atoms with Gasteiger partial charge in [0.15, 0.2) is 35.2 Å². The highest BCUT2D eigenvalue weighted by molar-refractivity contribution is 6.09. The minimum Gasteiger partial charge on any atom is -0.504 e. The topological polar surface area (TPSA) is 201 Å². The van der Waals surface area contributed by atoms with E-state index in [2.05, 4.69) is 0 Å². The number of aromatic hydroxyl groups is 2. The van der Waals surface area contributed by atoms with Crippen LogP contribution in [0.2, 0.25) is 0 Å². The molecule has 4 aliphatic rings. The van der Waals surface area contributed by atoms with Gasteiger partial charge >= 0.3 is 35.5 Å². The second-order valence-electron chi connectivity index (χ2n) is 16.0. The van der Waals surface area contributed by atoms with Crippen LogP contribution in [0.4, 0.5) is 0 Å². The molecule has 10 rings (SSSR count). The second kappa shape index (κ2) is 16.7. The minimum atomic E-state index is -1.82. The van der Waals surface area contributed by atoms with Gasteiger partial charge in [-0.05, 0) is 12.1 Å². The molecule has 0 aliphatic carbocycles. The van der Waals surface area contributed by atoms with E-state index in [1.54, 1.807) is 121 Å². The second-order valence-corrected chi connectivity index (χ2v) is 16.0. The minimum absolute atomic E-state index is 0.213. The maximum absolute atomic E-state index is 15.2. The Morgan fingerprint density at radius 1 is 0.567 bits per heavy atom. The van der Waals surface area contributed by atoms with E-state index in [-0.39, 0.29) is 34.1 Å². The van der Waals surface area contributed by atoms with E-state index in [9.17, 15) is 19.8 Å². The summed E-state index contributed by atoms with van der Waals surface area (Å²) in [5, 5.41) is 24.0. The Kier molecular flexibility index (Phi) is 10.7. The molecule has 0 radical (unpaired) electrons. The summed E-state index contributed by atoms with van der Waals surface area (Å²) in [6.45, 7) is 1.72. The lowest BCUT2D eigenvalue weighted by Gasteiger charge is -2.43. The highest BCUT2D eigenvalue weighted by Crippen LogP contribution is 2.63. The van der Waals surface area contributed by atoms with Gasteiger partial charge < -0.3 is 57.6 Å². The van der Waals surface area contributed by atoms with Crippen molar-refractivity contribution in [2.75, 3.05) is 13.7 Å². The van der Waals surface area contributed by atoms with E-state index in [4.69, 9.17) is 47.4 Å². The van der Waals surface area contributed by atoms with Gasteiger partial charge in [-0.25, -0.2) is 9.59 Å². The van der Waals surface area contributed by atoms with E-state index in [0.29, 0.717) is 22.3 Å². The number of phenolic OH excluding ortho intramolecular Hbond substituents is 2. The molecule has 2 N–H and O–H groups in total. The zero-order chi connectivity index (χ0) is 46.6. The molecule has 340 valence electrons. The van der Waals surface area contributed by atoms with Gasteiger partial charge in [0.2, 0.25) is 17.8 Å². The van der Waals surface area contributed by atoms with Crippen LogP contribution in [0, 0.1) is 0 Å². The third kappa shape index (κ3) is 7.17. The Morgan fingerprint density at radius 3 is 1.33 bits per heavy atom. The highest BCUT2D eigenvalue weighted by atomic mass is 16.8. The monoisotopic (exact) mass is 908 g/mol. The molecule has 0 unspecified atom stereocenters. The van der Waals surface area contributed by atoms with Crippen molar-refractivity contribution in [3.8, 4) is 45.6 Å². The van der Waals surface area contributed by atoms with Crippen LogP contribution in [-0.2, 0) is 49.6 Å².